The first-order chi connectivity index (χ1) is 12.0. The van der Waals surface area contributed by atoms with E-state index in [0.717, 1.165) is 11.3 Å². The molecular formula is C16H27ClO6Si2. The molecule has 0 aromatic heterocycles. The van der Waals surface area contributed by atoms with Crippen molar-refractivity contribution in [1.29, 1.82) is 0 Å². The molecule has 0 spiro atoms. The highest BCUT2D eigenvalue weighted by atomic mass is 35.5. The Bertz CT molecular complexity index is 544. The first-order valence-electron chi connectivity index (χ1n) is 8.56. The van der Waals surface area contributed by atoms with Gasteiger partial charge in [-0.25, -0.2) is 0 Å². The maximum atomic E-state index is 5.96. The van der Waals surface area contributed by atoms with Crippen molar-refractivity contribution in [3.63, 3.8) is 0 Å². The molecule has 1 aliphatic rings. The van der Waals surface area contributed by atoms with E-state index in [1.807, 2.05) is 45.5 Å². The average molecular weight is 407 g/mol. The van der Waals surface area contributed by atoms with Crippen molar-refractivity contribution in [2.75, 3.05) is 31.6 Å². The number of alkyl halides is 1. The fraction of sp³-hybridized carbons (Fsp3) is 0.625. The maximum absolute atomic E-state index is 5.96. The van der Waals surface area contributed by atoms with Crippen LogP contribution in [-0.4, -0.2) is 48.9 Å². The number of ether oxygens (including phenoxy) is 1. The Labute approximate surface area is 156 Å². The molecule has 9 heteroatoms. The zero-order chi connectivity index (χ0) is 18.3. The number of halogens is 1. The number of fused-ring (bicyclic) bond motifs is 1. The topological polar surface area (TPSA) is 55.4 Å². The summed E-state index contributed by atoms with van der Waals surface area (Å²) in [5.74, 6) is 1.52. The van der Waals surface area contributed by atoms with Gasteiger partial charge in [0.15, 0.2) is 6.23 Å². The summed E-state index contributed by atoms with van der Waals surface area (Å²) in [5, 5.41) is 0. The fourth-order valence-electron chi connectivity index (χ4n) is 2.50. The molecule has 142 valence electrons. The zero-order valence-corrected chi connectivity index (χ0v) is 18.1. The average Bonchev–Trinajstić information content (AvgIpc) is 2.61. The van der Waals surface area contributed by atoms with E-state index in [-0.39, 0.29) is 6.23 Å². The van der Waals surface area contributed by atoms with Gasteiger partial charge in [0.05, 0.1) is 12.1 Å². The third kappa shape index (κ3) is 5.43. The molecule has 0 saturated heterocycles. The van der Waals surface area contributed by atoms with Gasteiger partial charge in [-0.1, -0.05) is 0 Å². The van der Waals surface area contributed by atoms with E-state index < -0.39 is 17.4 Å². The van der Waals surface area contributed by atoms with Crippen LogP contribution >= 0.6 is 11.6 Å². The molecule has 0 amide bonds. The van der Waals surface area contributed by atoms with Crippen molar-refractivity contribution in [3.05, 3.63) is 23.8 Å². The highest BCUT2D eigenvalue weighted by Gasteiger charge is 2.42. The third-order valence-electron chi connectivity index (χ3n) is 3.64. The van der Waals surface area contributed by atoms with Gasteiger partial charge in [0.1, 0.15) is 11.5 Å². The smallest absolute Gasteiger partial charge is 0.519 e. The number of hydrogen-bond donors (Lipinski definition) is 0. The van der Waals surface area contributed by atoms with Gasteiger partial charge >= 0.3 is 17.4 Å². The third-order valence-corrected chi connectivity index (χ3v) is 9.67. The summed E-state index contributed by atoms with van der Waals surface area (Å²) >= 11 is 5.96. The van der Waals surface area contributed by atoms with E-state index in [9.17, 15) is 0 Å². The molecule has 0 saturated carbocycles. The van der Waals surface area contributed by atoms with Gasteiger partial charge in [-0.3, -0.25) is 0 Å². The largest absolute Gasteiger partial charge is 0.540 e. The summed E-state index contributed by atoms with van der Waals surface area (Å²) in [5.41, 5.74) is 1.35. The van der Waals surface area contributed by atoms with Crippen LogP contribution in [0.25, 0.3) is 0 Å². The van der Waals surface area contributed by atoms with Crippen molar-refractivity contribution in [1.82, 2.24) is 0 Å². The second-order valence-electron chi connectivity index (χ2n) is 5.70. The van der Waals surface area contributed by atoms with Crippen LogP contribution in [0.5, 0.6) is 11.5 Å². The van der Waals surface area contributed by atoms with E-state index in [0.29, 0.717) is 37.7 Å². The first kappa shape index (κ1) is 20.7. The molecule has 0 radical (unpaired) electrons. The minimum atomic E-state index is -2.84. The van der Waals surface area contributed by atoms with Crippen LogP contribution in [0.15, 0.2) is 18.2 Å². The number of benzene rings is 1. The molecule has 0 bridgehead atoms. The Morgan fingerprint density at radius 1 is 1.12 bits per heavy atom. The van der Waals surface area contributed by atoms with Crippen LogP contribution in [0.4, 0.5) is 0 Å². The molecule has 1 unspecified atom stereocenters. The van der Waals surface area contributed by atoms with Crippen molar-refractivity contribution in [2.24, 2.45) is 0 Å². The summed E-state index contributed by atoms with van der Waals surface area (Å²) < 4.78 is 35.1. The Kier molecular flexibility index (Phi) is 7.75. The minimum Gasteiger partial charge on any atom is -0.519 e. The predicted octanol–water partition coefficient (Wildman–Crippen LogP) is 3.41. The maximum Gasteiger partial charge on any atom is 0.540 e. The molecule has 1 aromatic rings. The summed E-state index contributed by atoms with van der Waals surface area (Å²) in [6, 6.07) is 5.69. The van der Waals surface area contributed by atoms with Gasteiger partial charge in [-0.05, 0) is 45.5 Å². The quantitative estimate of drug-likeness (QED) is 0.438. The highest BCUT2D eigenvalue weighted by molar-refractivity contribution is 6.74. The standard InChI is InChI=1S/C16H27ClO6Si2/c1-5-19-25(20-6-2,21-7-3)13-18-15-8-9-16-14(10-15)11-22-24(4,12-17)23-16/h8-10H,5-7,11-13H2,1-4H3. The van der Waals surface area contributed by atoms with Crippen LogP contribution in [0.1, 0.15) is 26.3 Å². The van der Waals surface area contributed by atoms with Crippen LogP contribution in [-0.2, 0) is 24.3 Å². The molecule has 25 heavy (non-hydrogen) atoms. The molecule has 0 N–H and O–H groups in total. The lowest BCUT2D eigenvalue weighted by molar-refractivity contribution is 0.0541. The van der Waals surface area contributed by atoms with Crippen molar-refractivity contribution >= 4 is 29.0 Å². The summed E-state index contributed by atoms with van der Waals surface area (Å²) in [7, 11) is -5.13. The Morgan fingerprint density at radius 3 is 2.32 bits per heavy atom. The van der Waals surface area contributed by atoms with Crippen molar-refractivity contribution in [3.8, 4) is 11.5 Å². The Balaban J connectivity index is 2.07. The molecule has 6 nitrogen and oxygen atoms in total. The minimum absolute atomic E-state index is 0.261. The molecular weight excluding hydrogens is 380 g/mol. The van der Waals surface area contributed by atoms with E-state index in [4.69, 9.17) is 38.5 Å². The highest BCUT2D eigenvalue weighted by Crippen LogP contribution is 2.32. The van der Waals surface area contributed by atoms with E-state index >= 15 is 0 Å². The summed E-state index contributed by atoms with van der Waals surface area (Å²) in [6.45, 7) is 9.75. The molecule has 1 aliphatic heterocycles. The summed E-state index contributed by atoms with van der Waals surface area (Å²) in [4.78, 5) is 0. The molecule has 0 aliphatic carbocycles. The second-order valence-corrected chi connectivity index (χ2v) is 12.0. The van der Waals surface area contributed by atoms with E-state index in [2.05, 4.69) is 0 Å². The Morgan fingerprint density at radius 2 is 1.76 bits per heavy atom. The fourth-order valence-corrected chi connectivity index (χ4v) is 6.37. The van der Waals surface area contributed by atoms with Crippen LogP contribution in [0.2, 0.25) is 6.55 Å². The monoisotopic (exact) mass is 406 g/mol. The van der Waals surface area contributed by atoms with E-state index in [1.165, 1.54) is 0 Å². The number of rotatable bonds is 10. The molecule has 0 fully saturated rings. The van der Waals surface area contributed by atoms with Gasteiger partial charge in [-0.2, -0.15) is 0 Å². The molecule has 1 atom stereocenters. The van der Waals surface area contributed by atoms with Gasteiger partial charge in [0.25, 0.3) is 0 Å². The number of hydrogen-bond acceptors (Lipinski definition) is 6. The summed E-state index contributed by atoms with van der Waals surface area (Å²) in [6.07, 6.45) is 0.261. The van der Waals surface area contributed by atoms with Gasteiger partial charge in [-0.15, -0.1) is 11.6 Å². The van der Waals surface area contributed by atoms with Crippen molar-refractivity contribution < 1.29 is 26.9 Å². The van der Waals surface area contributed by atoms with Crippen LogP contribution in [0, 0.1) is 0 Å². The first-order valence-corrected chi connectivity index (χ1v) is 13.5. The van der Waals surface area contributed by atoms with Crippen molar-refractivity contribution in [2.45, 2.75) is 33.9 Å². The molecule has 1 heterocycles. The normalized spacial score (nSPS) is 20.0. The lowest BCUT2D eigenvalue weighted by Crippen LogP contribution is -2.51. The zero-order valence-electron chi connectivity index (χ0n) is 15.3. The van der Waals surface area contributed by atoms with Gasteiger partial charge < -0.3 is 26.9 Å². The predicted molar refractivity (Wildman–Crippen MR) is 100 cm³/mol. The molecule has 1 aromatic carbocycles. The van der Waals surface area contributed by atoms with Crippen LogP contribution in [0.3, 0.4) is 0 Å². The SMILES string of the molecule is CCO[Si](COc1ccc2c(c1)CO[Si](C)(CCl)O2)(OCC)OCC. The lowest BCUT2D eigenvalue weighted by Gasteiger charge is -2.32. The Hall–Kier alpha value is -0.616. The van der Waals surface area contributed by atoms with E-state index in [1.54, 1.807) is 0 Å². The second kappa shape index (κ2) is 9.36. The van der Waals surface area contributed by atoms with Crippen LogP contribution < -0.4 is 9.16 Å². The lowest BCUT2D eigenvalue weighted by atomic mass is 10.2. The molecule has 2 rings (SSSR count). The van der Waals surface area contributed by atoms with Gasteiger partial charge in [0, 0.05) is 25.4 Å². The van der Waals surface area contributed by atoms with Gasteiger partial charge in [0.2, 0.25) is 0 Å².